The van der Waals surface area contributed by atoms with Crippen LogP contribution < -0.4 is 0 Å². The van der Waals surface area contributed by atoms with Crippen molar-refractivity contribution in [2.45, 2.75) is 19.5 Å². The van der Waals surface area contributed by atoms with Gasteiger partial charge in [0.2, 0.25) is 0 Å². The molecule has 1 atom stereocenters. The first-order valence-electron chi connectivity index (χ1n) is 5.77. The minimum absolute atomic E-state index is 0.0375. The number of carbonyl (C=O) groups excluding carboxylic acids is 2. The molecule has 0 aromatic heterocycles. The summed E-state index contributed by atoms with van der Waals surface area (Å²) >= 11 is 3.15. The second-order valence-corrected chi connectivity index (χ2v) is 4.91. The Balaban J connectivity index is 3.00. The maximum atomic E-state index is 12.5. The summed E-state index contributed by atoms with van der Waals surface area (Å²) < 4.78 is 42.7. The van der Waals surface area contributed by atoms with Crippen LogP contribution in [0.3, 0.4) is 0 Å². The van der Waals surface area contributed by atoms with Crippen LogP contribution in [0.5, 0.6) is 0 Å². The normalized spacial score (nSPS) is 12.8. The molecule has 0 amide bonds. The number of hydrogen-bond acceptors (Lipinski definition) is 3. The van der Waals surface area contributed by atoms with E-state index in [1.165, 1.54) is 31.2 Å². The molecule has 1 aromatic carbocycles. The van der Waals surface area contributed by atoms with Gasteiger partial charge in [-0.3, -0.25) is 9.59 Å². The smallest absolute Gasteiger partial charge is 0.390 e. The molecule has 1 unspecified atom stereocenters. The van der Waals surface area contributed by atoms with Crippen LogP contribution in [0, 0.1) is 5.92 Å². The van der Waals surface area contributed by atoms with Gasteiger partial charge in [0.15, 0.2) is 5.78 Å². The van der Waals surface area contributed by atoms with Crippen molar-refractivity contribution in [3.8, 4) is 0 Å². The second-order valence-electron chi connectivity index (χ2n) is 4.00. The molecule has 110 valence electrons. The van der Waals surface area contributed by atoms with E-state index in [-0.39, 0.29) is 12.2 Å². The number of alkyl halides is 3. The molecule has 0 fully saturated rings. The summed E-state index contributed by atoms with van der Waals surface area (Å²) in [6.07, 6.45) is -6.15. The average molecular weight is 353 g/mol. The third-order valence-electron chi connectivity index (χ3n) is 2.45. The highest BCUT2D eigenvalue weighted by atomic mass is 79.9. The first-order chi connectivity index (χ1) is 9.24. The van der Waals surface area contributed by atoms with Crippen molar-refractivity contribution in [1.29, 1.82) is 0 Å². The maximum Gasteiger partial charge on any atom is 0.390 e. The molecule has 20 heavy (non-hydrogen) atoms. The van der Waals surface area contributed by atoms with Crippen molar-refractivity contribution in [2.75, 3.05) is 6.61 Å². The lowest BCUT2D eigenvalue weighted by Crippen LogP contribution is -2.31. The van der Waals surface area contributed by atoms with Gasteiger partial charge in [-0.1, -0.05) is 28.1 Å². The van der Waals surface area contributed by atoms with Gasteiger partial charge in [-0.2, -0.15) is 13.2 Å². The molecule has 1 aromatic rings. The quantitative estimate of drug-likeness (QED) is 0.460. The summed E-state index contributed by atoms with van der Waals surface area (Å²) in [6, 6.07) is 5.75. The van der Waals surface area contributed by atoms with Gasteiger partial charge in [0, 0.05) is 10.0 Å². The van der Waals surface area contributed by atoms with Gasteiger partial charge in [-0.15, -0.1) is 0 Å². The minimum atomic E-state index is -4.62. The Morgan fingerprint density at radius 1 is 1.25 bits per heavy atom. The summed E-state index contributed by atoms with van der Waals surface area (Å²) in [4.78, 5) is 23.6. The summed E-state index contributed by atoms with van der Waals surface area (Å²) in [7, 11) is 0. The molecule has 0 aliphatic carbocycles. The van der Waals surface area contributed by atoms with Crippen LogP contribution in [0.25, 0.3) is 0 Å². The zero-order valence-corrected chi connectivity index (χ0v) is 12.1. The number of halogens is 4. The predicted molar refractivity (Wildman–Crippen MR) is 69.3 cm³/mol. The van der Waals surface area contributed by atoms with E-state index in [1.54, 1.807) is 0 Å². The number of esters is 1. The van der Waals surface area contributed by atoms with E-state index in [0.717, 1.165) is 0 Å². The molecule has 3 nitrogen and oxygen atoms in total. The van der Waals surface area contributed by atoms with Crippen LogP contribution in [-0.2, 0) is 9.53 Å². The minimum Gasteiger partial charge on any atom is -0.465 e. The molecular weight excluding hydrogens is 341 g/mol. The number of Topliss-reactive ketones (excluding diaryl/α,β-unsaturated/α-hetero) is 1. The van der Waals surface area contributed by atoms with Gasteiger partial charge in [-0.25, -0.2) is 0 Å². The van der Waals surface area contributed by atoms with Gasteiger partial charge in [0.25, 0.3) is 0 Å². The van der Waals surface area contributed by atoms with Crippen LogP contribution in [0.4, 0.5) is 13.2 Å². The highest BCUT2D eigenvalue weighted by Crippen LogP contribution is 2.28. The van der Waals surface area contributed by atoms with Crippen LogP contribution >= 0.6 is 15.9 Å². The second kappa shape index (κ2) is 6.88. The fraction of sp³-hybridized carbons (Fsp3) is 0.385. The molecule has 0 bridgehead atoms. The average Bonchev–Trinajstić information content (AvgIpc) is 2.35. The lowest BCUT2D eigenvalue weighted by atomic mass is 9.94. The van der Waals surface area contributed by atoms with E-state index >= 15 is 0 Å². The third kappa shape index (κ3) is 4.96. The van der Waals surface area contributed by atoms with Gasteiger partial charge >= 0.3 is 12.1 Å². The fourth-order valence-corrected chi connectivity index (χ4v) is 1.84. The lowest BCUT2D eigenvalue weighted by molar-refractivity contribution is -0.163. The Morgan fingerprint density at radius 2 is 1.80 bits per heavy atom. The SMILES string of the molecule is CCOC(=O)C(CC(F)(F)F)C(=O)c1ccc(Br)cc1. The van der Waals surface area contributed by atoms with Crippen LogP contribution in [0.15, 0.2) is 28.7 Å². The van der Waals surface area contributed by atoms with E-state index in [2.05, 4.69) is 20.7 Å². The number of rotatable bonds is 5. The molecule has 0 aliphatic heterocycles. The molecule has 7 heteroatoms. The number of ether oxygens (including phenoxy) is 1. The third-order valence-corrected chi connectivity index (χ3v) is 2.98. The van der Waals surface area contributed by atoms with Crippen LogP contribution in [-0.4, -0.2) is 24.5 Å². The fourth-order valence-electron chi connectivity index (χ4n) is 1.57. The summed E-state index contributed by atoms with van der Waals surface area (Å²) in [5.41, 5.74) is 0.0375. The van der Waals surface area contributed by atoms with E-state index in [1.807, 2.05) is 0 Å². The molecule has 0 N–H and O–H groups in total. The molecule has 0 saturated heterocycles. The lowest BCUT2D eigenvalue weighted by Gasteiger charge is -2.16. The first kappa shape index (κ1) is 16.7. The standard InChI is InChI=1S/C13H12BrF3O3/c1-2-20-12(19)10(7-13(15,16)17)11(18)8-3-5-9(14)6-4-8/h3-6,10H,2,7H2,1H3. The van der Waals surface area contributed by atoms with E-state index in [4.69, 9.17) is 0 Å². The van der Waals surface area contributed by atoms with Gasteiger partial charge in [0.1, 0.15) is 5.92 Å². The van der Waals surface area contributed by atoms with Crippen molar-refractivity contribution in [1.82, 2.24) is 0 Å². The molecular formula is C13H12BrF3O3. The zero-order valence-electron chi connectivity index (χ0n) is 10.5. The summed E-state index contributed by atoms with van der Waals surface area (Å²) in [6.45, 7) is 1.38. The van der Waals surface area contributed by atoms with Crippen molar-refractivity contribution in [3.63, 3.8) is 0 Å². The van der Waals surface area contributed by atoms with Gasteiger partial charge < -0.3 is 4.74 Å². The van der Waals surface area contributed by atoms with Crippen molar-refractivity contribution >= 4 is 27.7 Å². The van der Waals surface area contributed by atoms with Crippen LogP contribution in [0.1, 0.15) is 23.7 Å². The largest absolute Gasteiger partial charge is 0.465 e. The topological polar surface area (TPSA) is 43.4 Å². The maximum absolute atomic E-state index is 12.5. The van der Waals surface area contributed by atoms with Crippen molar-refractivity contribution < 1.29 is 27.5 Å². The summed E-state index contributed by atoms with van der Waals surface area (Å²) in [5.74, 6) is -3.91. The first-order valence-corrected chi connectivity index (χ1v) is 6.57. The number of hydrogen-bond donors (Lipinski definition) is 0. The molecule has 0 radical (unpaired) electrons. The molecule has 0 heterocycles. The van der Waals surface area contributed by atoms with Crippen molar-refractivity contribution in [2.24, 2.45) is 5.92 Å². The van der Waals surface area contributed by atoms with E-state index < -0.39 is 30.3 Å². The Kier molecular flexibility index (Phi) is 5.74. The Bertz CT molecular complexity index is 483. The Labute approximate surface area is 122 Å². The number of benzene rings is 1. The van der Waals surface area contributed by atoms with Gasteiger partial charge in [0.05, 0.1) is 13.0 Å². The number of carbonyl (C=O) groups is 2. The monoisotopic (exact) mass is 352 g/mol. The highest BCUT2D eigenvalue weighted by molar-refractivity contribution is 9.10. The highest BCUT2D eigenvalue weighted by Gasteiger charge is 2.40. The molecule has 0 saturated carbocycles. The Morgan fingerprint density at radius 3 is 2.25 bits per heavy atom. The number of ketones is 1. The van der Waals surface area contributed by atoms with E-state index in [0.29, 0.717) is 4.47 Å². The predicted octanol–water partition coefficient (Wildman–Crippen LogP) is 3.76. The van der Waals surface area contributed by atoms with E-state index in [9.17, 15) is 22.8 Å². The van der Waals surface area contributed by atoms with Crippen molar-refractivity contribution in [3.05, 3.63) is 34.3 Å². The summed E-state index contributed by atoms with van der Waals surface area (Å²) in [5, 5.41) is 0. The molecule has 0 aliphatic rings. The zero-order chi connectivity index (χ0) is 15.3. The van der Waals surface area contributed by atoms with Crippen LogP contribution in [0.2, 0.25) is 0 Å². The van der Waals surface area contributed by atoms with Gasteiger partial charge in [-0.05, 0) is 19.1 Å². The molecule has 1 rings (SSSR count). The molecule has 0 spiro atoms. The Hall–Kier alpha value is -1.37.